The first-order valence-electron chi connectivity index (χ1n) is 0.478. The fourth-order valence-electron chi connectivity index (χ4n) is 0. The molecule has 0 spiro atoms. The summed E-state index contributed by atoms with van der Waals surface area (Å²) in [4.78, 5) is 0. The Balaban J connectivity index is 0. The molecule has 0 atom stereocenters. The minimum atomic E-state index is 0. The highest BCUT2D eigenvalue weighted by atomic mass is 79.9. The molecule has 0 heterocycles. The second-order valence-electron chi connectivity index (χ2n) is 0.109. The van der Waals surface area contributed by atoms with Crippen LogP contribution in [0.2, 0.25) is 0 Å². The van der Waals surface area contributed by atoms with Gasteiger partial charge in [0.15, 0.2) is 0 Å². The summed E-state index contributed by atoms with van der Waals surface area (Å²) in [6.07, 6.45) is 0. The maximum atomic E-state index is 4.51. The van der Waals surface area contributed by atoms with Crippen LogP contribution >= 0.6 is 16.1 Å². The largest absolute Gasteiger partial charge is 0.412 e. The lowest BCUT2D eigenvalue weighted by Crippen LogP contribution is -2.04. The van der Waals surface area contributed by atoms with Gasteiger partial charge in [0, 0.05) is 16.1 Å². The quantitative estimate of drug-likeness (QED) is 0.248. The van der Waals surface area contributed by atoms with Crippen LogP contribution in [0.15, 0.2) is 0 Å². The van der Waals surface area contributed by atoms with Crippen LogP contribution in [0.5, 0.6) is 0 Å². The summed E-state index contributed by atoms with van der Waals surface area (Å²) in [5.74, 6) is 4.51. The predicted molar refractivity (Wildman–Crippen MR) is 19.9 cm³/mol. The number of halogens is 1. The Hall–Kier alpha value is 0.360. The summed E-state index contributed by atoms with van der Waals surface area (Å²) < 4.78 is 2.06. The van der Waals surface area contributed by atoms with Crippen molar-refractivity contribution >= 4 is 16.1 Å². The molecule has 4 heavy (non-hydrogen) atoms. The maximum Gasteiger partial charge on any atom is 0.0250 e. The van der Waals surface area contributed by atoms with Crippen LogP contribution in [0.3, 0.4) is 0 Å². The molecule has 0 aliphatic rings. The molecule has 0 unspecified atom stereocenters. The molecule has 0 aliphatic heterocycles. The van der Waals surface area contributed by atoms with Crippen molar-refractivity contribution in [2.75, 3.05) is 0 Å². The van der Waals surface area contributed by atoms with Gasteiger partial charge in [-0.25, -0.2) is 0 Å². The van der Waals surface area contributed by atoms with Crippen LogP contribution < -0.4 is 10.3 Å². The van der Waals surface area contributed by atoms with E-state index in [0.29, 0.717) is 0 Å². The molecule has 0 rings (SSSR count). The standard InChI is InChI=1S/BrH3N2.H2O/c1-3-2;/h3H,2H2;1H2. The Morgan fingerprint density at radius 2 is 1.75 bits per heavy atom. The van der Waals surface area contributed by atoms with E-state index in [0.717, 1.165) is 0 Å². The SMILES string of the molecule is NNBr.O. The van der Waals surface area contributed by atoms with Crippen molar-refractivity contribution in [3.8, 4) is 0 Å². The summed E-state index contributed by atoms with van der Waals surface area (Å²) >= 11 is 2.67. The molecule has 4 heteroatoms. The van der Waals surface area contributed by atoms with E-state index in [-0.39, 0.29) is 5.48 Å². The number of hydrazine groups is 1. The first-order valence-corrected chi connectivity index (χ1v) is 1.27. The third-order valence-corrected chi connectivity index (χ3v) is 0. The molecule has 0 fully saturated rings. The highest BCUT2D eigenvalue weighted by Crippen LogP contribution is 1.43. The smallest absolute Gasteiger partial charge is 0.0250 e. The van der Waals surface area contributed by atoms with Crippen molar-refractivity contribution < 1.29 is 5.48 Å². The van der Waals surface area contributed by atoms with Crippen molar-refractivity contribution in [2.24, 2.45) is 5.84 Å². The lowest BCUT2D eigenvalue weighted by atomic mass is 13.0. The summed E-state index contributed by atoms with van der Waals surface area (Å²) in [5, 5.41) is 0. The Morgan fingerprint density at radius 1 is 1.75 bits per heavy atom. The average molecular weight is 129 g/mol. The van der Waals surface area contributed by atoms with Crippen molar-refractivity contribution in [3.63, 3.8) is 0 Å². The van der Waals surface area contributed by atoms with Gasteiger partial charge in [0.25, 0.3) is 0 Å². The van der Waals surface area contributed by atoms with Crippen molar-refractivity contribution in [3.05, 3.63) is 0 Å². The fraction of sp³-hybridized carbons (Fsp3) is 0. The minimum absolute atomic E-state index is 0. The van der Waals surface area contributed by atoms with Gasteiger partial charge in [-0.15, -0.1) is 0 Å². The van der Waals surface area contributed by atoms with E-state index < -0.39 is 0 Å². The third kappa shape index (κ3) is 33.7. The topological polar surface area (TPSA) is 69.5 Å². The minimum Gasteiger partial charge on any atom is -0.412 e. The van der Waals surface area contributed by atoms with Crippen molar-refractivity contribution in [1.82, 2.24) is 4.45 Å². The summed E-state index contributed by atoms with van der Waals surface area (Å²) in [6.45, 7) is 0. The second kappa shape index (κ2) is 10.1. The monoisotopic (exact) mass is 128 g/mol. The molecular formula is H5BrN2O. The lowest BCUT2D eigenvalue weighted by molar-refractivity contribution is 0.824. The van der Waals surface area contributed by atoms with Crippen LogP contribution in [0.25, 0.3) is 0 Å². The molecule has 0 bridgehead atoms. The van der Waals surface area contributed by atoms with E-state index in [1.54, 1.807) is 0 Å². The van der Waals surface area contributed by atoms with Gasteiger partial charge >= 0.3 is 0 Å². The molecule has 0 aromatic heterocycles. The molecule has 0 saturated heterocycles. The van der Waals surface area contributed by atoms with Gasteiger partial charge in [-0.1, -0.05) is 0 Å². The van der Waals surface area contributed by atoms with Gasteiger partial charge in [-0.05, 0) is 0 Å². The van der Waals surface area contributed by atoms with E-state index >= 15 is 0 Å². The Kier molecular flexibility index (Phi) is 22.4. The molecule has 0 radical (unpaired) electrons. The first kappa shape index (κ1) is 8.84. The van der Waals surface area contributed by atoms with Crippen molar-refractivity contribution in [2.45, 2.75) is 0 Å². The number of hydrogen-bond acceptors (Lipinski definition) is 2. The highest BCUT2D eigenvalue weighted by molar-refractivity contribution is 9.08. The van der Waals surface area contributed by atoms with E-state index in [4.69, 9.17) is 0 Å². The maximum absolute atomic E-state index is 4.51. The van der Waals surface area contributed by atoms with Gasteiger partial charge in [-0.2, -0.15) is 4.45 Å². The number of rotatable bonds is 0. The Bertz CT molecular complexity index is 6.00. The van der Waals surface area contributed by atoms with E-state index in [1.807, 2.05) is 0 Å². The Labute approximate surface area is 32.8 Å². The van der Waals surface area contributed by atoms with Crippen LogP contribution in [0.1, 0.15) is 0 Å². The zero-order valence-corrected chi connectivity index (χ0v) is 3.54. The van der Waals surface area contributed by atoms with Crippen LogP contribution in [-0.4, -0.2) is 5.48 Å². The fourth-order valence-corrected chi connectivity index (χ4v) is 0. The van der Waals surface area contributed by atoms with Gasteiger partial charge in [0.05, 0.1) is 0 Å². The van der Waals surface area contributed by atoms with E-state index in [1.165, 1.54) is 0 Å². The number of nitrogens with two attached hydrogens (primary N) is 1. The lowest BCUT2D eigenvalue weighted by Gasteiger charge is -1.58. The molecule has 0 aromatic carbocycles. The molecule has 0 aliphatic carbocycles. The molecule has 3 nitrogen and oxygen atoms in total. The average Bonchev–Trinajstić information content (AvgIpc) is 0.918. The third-order valence-electron chi connectivity index (χ3n) is 0. The van der Waals surface area contributed by atoms with E-state index in [2.05, 4.69) is 26.4 Å². The zero-order chi connectivity index (χ0) is 2.71. The second-order valence-corrected chi connectivity index (χ2v) is 0.567. The van der Waals surface area contributed by atoms with Gasteiger partial charge in [0.1, 0.15) is 0 Å². The Morgan fingerprint density at radius 3 is 1.75 bits per heavy atom. The highest BCUT2D eigenvalue weighted by Gasteiger charge is 1.27. The van der Waals surface area contributed by atoms with Gasteiger partial charge in [0.2, 0.25) is 0 Å². The molecule has 5 N–H and O–H groups in total. The summed E-state index contributed by atoms with van der Waals surface area (Å²) in [6, 6.07) is 0. The van der Waals surface area contributed by atoms with Gasteiger partial charge < -0.3 is 5.48 Å². The van der Waals surface area contributed by atoms with Gasteiger partial charge in [-0.3, -0.25) is 5.84 Å². The molecule has 0 amide bonds. The first-order chi connectivity index (χ1) is 1.41. The summed E-state index contributed by atoms with van der Waals surface area (Å²) in [5.41, 5.74) is 0. The molecular weight excluding hydrogens is 124 g/mol. The van der Waals surface area contributed by atoms with E-state index in [9.17, 15) is 0 Å². The molecule has 0 saturated carbocycles. The normalized spacial score (nSPS) is 4.50. The number of hydrogen-bond donors (Lipinski definition) is 2. The zero-order valence-electron chi connectivity index (χ0n) is 1.96. The summed E-state index contributed by atoms with van der Waals surface area (Å²) in [7, 11) is 0. The van der Waals surface area contributed by atoms with Crippen molar-refractivity contribution in [1.29, 1.82) is 0 Å². The van der Waals surface area contributed by atoms with Crippen LogP contribution in [0, 0.1) is 0 Å². The van der Waals surface area contributed by atoms with Crippen LogP contribution in [0.4, 0.5) is 0 Å². The molecule has 28 valence electrons. The molecule has 0 aromatic rings. The number of nitrogens with one attached hydrogen (secondary N) is 1. The predicted octanol–water partition coefficient (Wildman–Crippen LogP) is -1.07. The van der Waals surface area contributed by atoms with Crippen LogP contribution in [-0.2, 0) is 0 Å².